The van der Waals surface area contributed by atoms with Crippen molar-refractivity contribution in [2.75, 3.05) is 26.2 Å². The Labute approximate surface area is 150 Å². The van der Waals surface area contributed by atoms with E-state index in [1.165, 1.54) is 5.56 Å². The van der Waals surface area contributed by atoms with Gasteiger partial charge in [0.25, 0.3) is 0 Å². The summed E-state index contributed by atoms with van der Waals surface area (Å²) in [4.78, 5) is 28.3. The van der Waals surface area contributed by atoms with Gasteiger partial charge in [-0.2, -0.15) is 0 Å². The van der Waals surface area contributed by atoms with E-state index in [1.807, 2.05) is 16.7 Å². The van der Waals surface area contributed by atoms with Crippen LogP contribution in [0.4, 0.5) is 4.79 Å². The molecule has 0 bridgehead atoms. The molecule has 1 aromatic carbocycles. The number of aryl methyl sites for hydroxylation is 1. The number of carbonyl (C=O) groups is 2. The molecule has 1 spiro atoms. The number of likely N-dealkylation sites (tertiary alicyclic amines) is 2. The highest BCUT2D eigenvalue weighted by molar-refractivity contribution is 5.77. The number of carbonyl (C=O) groups excluding carboxylic acids is 2. The Bertz CT molecular complexity index is 618. The van der Waals surface area contributed by atoms with Crippen molar-refractivity contribution in [2.24, 2.45) is 5.41 Å². The minimum Gasteiger partial charge on any atom is -0.342 e. The van der Waals surface area contributed by atoms with Crippen LogP contribution in [0.15, 0.2) is 24.3 Å². The first-order valence-corrected chi connectivity index (χ1v) is 9.37. The van der Waals surface area contributed by atoms with Gasteiger partial charge in [-0.1, -0.05) is 29.8 Å². The van der Waals surface area contributed by atoms with E-state index in [0.29, 0.717) is 13.0 Å². The Morgan fingerprint density at radius 1 is 1.16 bits per heavy atom. The van der Waals surface area contributed by atoms with Crippen LogP contribution < -0.4 is 5.32 Å². The van der Waals surface area contributed by atoms with E-state index in [-0.39, 0.29) is 17.4 Å². The van der Waals surface area contributed by atoms with E-state index in [4.69, 9.17) is 0 Å². The molecule has 2 saturated heterocycles. The lowest BCUT2D eigenvalue weighted by molar-refractivity contribution is -0.138. The summed E-state index contributed by atoms with van der Waals surface area (Å²) in [6.45, 7) is 7.90. The molecule has 2 heterocycles. The van der Waals surface area contributed by atoms with E-state index < -0.39 is 0 Å². The molecule has 1 aromatic rings. The second-order valence-electron chi connectivity index (χ2n) is 7.54. The smallest absolute Gasteiger partial charge is 0.317 e. The molecule has 0 atom stereocenters. The van der Waals surface area contributed by atoms with Crippen LogP contribution in [0.1, 0.15) is 43.7 Å². The fraction of sp³-hybridized carbons (Fsp3) is 0.600. The minimum absolute atomic E-state index is 0.0228. The van der Waals surface area contributed by atoms with Crippen LogP contribution in [0.2, 0.25) is 0 Å². The number of nitrogens with one attached hydrogen (secondary N) is 1. The zero-order chi connectivity index (χ0) is 17.9. The zero-order valence-corrected chi connectivity index (χ0v) is 15.4. The standard InChI is InChI=1S/C20H29N3O2/c1-3-22-15-20(9-8-18(22)24)10-12-23(13-11-20)19(25)21-14-17-6-4-16(2)5-7-17/h4-7H,3,8-15H2,1-2H3,(H,21,25). The van der Waals surface area contributed by atoms with Crippen LogP contribution in [0.5, 0.6) is 0 Å². The van der Waals surface area contributed by atoms with Crippen molar-refractivity contribution < 1.29 is 9.59 Å². The van der Waals surface area contributed by atoms with E-state index in [1.54, 1.807) is 0 Å². The number of hydrogen-bond donors (Lipinski definition) is 1. The fourth-order valence-electron chi connectivity index (χ4n) is 3.98. The van der Waals surface area contributed by atoms with Crippen molar-refractivity contribution >= 4 is 11.9 Å². The Hall–Kier alpha value is -2.04. The van der Waals surface area contributed by atoms with Gasteiger partial charge in [0.15, 0.2) is 0 Å². The summed E-state index contributed by atoms with van der Waals surface area (Å²) < 4.78 is 0. The number of benzene rings is 1. The Morgan fingerprint density at radius 3 is 2.48 bits per heavy atom. The lowest BCUT2D eigenvalue weighted by atomic mass is 9.72. The molecule has 3 rings (SSSR count). The van der Waals surface area contributed by atoms with Crippen LogP contribution in [0, 0.1) is 12.3 Å². The lowest BCUT2D eigenvalue weighted by Crippen LogP contribution is -2.53. The third kappa shape index (κ3) is 4.14. The summed E-state index contributed by atoms with van der Waals surface area (Å²) >= 11 is 0. The molecule has 2 fully saturated rings. The van der Waals surface area contributed by atoms with Crippen molar-refractivity contribution in [1.82, 2.24) is 15.1 Å². The Morgan fingerprint density at radius 2 is 1.84 bits per heavy atom. The third-order valence-corrected chi connectivity index (χ3v) is 5.81. The van der Waals surface area contributed by atoms with Crippen molar-refractivity contribution in [1.29, 1.82) is 0 Å². The fourth-order valence-corrected chi connectivity index (χ4v) is 3.98. The maximum Gasteiger partial charge on any atom is 0.317 e. The number of urea groups is 1. The zero-order valence-electron chi connectivity index (χ0n) is 15.4. The van der Waals surface area contributed by atoms with Gasteiger partial charge in [0.2, 0.25) is 5.91 Å². The van der Waals surface area contributed by atoms with Crippen LogP contribution in [-0.2, 0) is 11.3 Å². The van der Waals surface area contributed by atoms with Crippen molar-refractivity contribution in [3.63, 3.8) is 0 Å². The molecule has 5 nitrogen and oxygen atoms in total. The largest absolute Gasteiger partial charge is 0.342 e. The first-order valence-electron chi connectivity index (χ1n) is 9.37. The maximum absolute atomic E-state index is 12.4. The lowest BCUT2D eigenvalue weighted by Gasteiger charge is -2.47. The summed E-state index contributed by atoms with van der Waals surface area (Å²) in [6.07, 6.45) is 3.62. The average molecular weight is 343 g/mol. The van der Waals surface area contributed by atoms with Crippen LogP contribution >= 0.6 is 0 Å². The number of piperidine rings is 2. The van der Waals surface area contributed by atoms with Gasteiger partial charge >= 0.3 is 6.03 Å². The molecule has 2 aliphatic rings. The molecule has 0 aliphatic carbocycles. The third-order valence-electron chi connectivity index (χ3n) is 5.81. The van der Waals surface area contributed by atoms with Gasteiger partial charge in [-0.15, -0.1) is 0 Å². The predicted octanol–water partition coefficient (Wildman–Crippen LogP) is 2.93. The Balaban J connectivity index is 1.49. The monoisotopic (exact) mass is 343 g/mol. The average Bonchev–Trinajstić information content (AvgIpc) is 2.64. The molecule has 1 N–H and O–H groups in total. The predicted molar refractivity (Wildman–Crippen MR) is 98.1 cm³/mol. The number of hydrogen-bond acceptors (Lipinski definition) is 2. The summed E-state index contributed by atoms with van der Waals surface area (Å²) in [5, 5.41) is 3.03. The normalized spacial score (nSPS) is 20.0. The van der Waals surface area contributed by atoms with E-state index in [9.17, 15) is 9.59 Å². The topological polar surface area (TPSA) is 52.7 Å². The molecule has 0 aromatic heterocycles. The molecule has 2 aliphatic heterocycles. The SMILES string of the molecule is CCN1CC2(CCC1=O)CCN(C(=O)NCc1ccc(C)cc1)CC2. The van der Waals surface area contributed by atoms with Crippen molar-refractivity contribution in [3.8, 4) is 0 Å². The van der Waals surface area contributed by atoms with Crippen LogP contribution in [0.25, 0.3) is 0 Å². The summed E-state index contributed by atoms with van der Waals surface area (Å²) in [6, 6.07) is 8.26. The molecule has 25 heavy (non-hydrogen) atoms. The van der Waals surface area contributed by atoms with Gasteiger partial charge in [-0.25, -0.2) is 4.79 Å². The summed E-state index contributed by atoms with van der Waals surface area (Å²) in [7, 11) is 0. The summed E-state index contributed by atoms with van der Waals surface area (Å²) in [5.41, 5.74) is 2.57. The van der Waals surface area contributed by atoms with Gasteiger partial charge in [-0.05, 0) is 44.1 Å². The van der Waals surface area contributed by atoms with Crippen molar-refractivity contribution in [2.45, 2.75) is 46.1 Å². The van der Waals surface area contributed by atoms with Crippen LogP contribution in [-0.4, -0.2) is 47.9 Å². The van der Waals surface area contributed by atoms with Gasteiger partial charge < -0.3 is 15.1 Å². The molecular weight excluding hydrogens is 314 g/mol. The molecule has 0 radical (unpaired) electrons. The number of nitrogens with zero attached hydrogens (tertiary/aromatic N) is 2. The van der Waals surface area contributed by atoms with Gasteiger partial charge in [-0.3, -0.25) is 4.79 Å². The number of amides is 3. The Kier molecular flexibility index (Phi) is 5.30. The molecule has 5 heteroatoms. The van der Waals surface area contributed by atoms with Gasteiger partial charge in [0, 0.05) is 39.1 Å². The highest BCUT2D eigenvalue weighted by atomic mass is 16.2. The van der Waals surface area contributed by atoms with E-state index >= 15 is 0 Å². The van der Waals surface area contributed by atoms with Crippen molar-refractivity contribution in [3.05, 3.63) is 35.4 Å². The molecule has 0 unspecified atom stereocenters. The van der Waals surface area contributed by atoms with E-state index in [2.05, 4.69) is 36.5 Å². The quantitative estimate of drug-likeness (QED) is 0.917. The summed E-state index contributed by atoms with van der Waals surface area (Å²) in [5.74, 6) is 0.284. The second kappa shape index (κ2) is 7.46. The first-order chi connectivity index (χ1) is 12.0. The number of rotatable bonds is 3. The second-order valence-corrected chi connectivity index (χ2v) is 7.54. The van der Waals surface area contributed by atoms with Gasteiger partial charge in [0.1, 0.15) is 0 Å². The highest BCUT2D eigenvalue weighted by Crippen LogP contribution is 2.40. The minimum atomic E-state index is 0.0228. The highest BCUT2D eigenvalue weighted by Gasteiger charge is 2.41. The molecule has 0 saturated carbocycles. The maximum atomic E-state index is 12.4. The van der Waals surface area contributed by atoms with E-state index in [0.717, 1.165) is 51.0 Å². The van der Waals surface area contributed by atoms with Gasteiger partial charge in [0.05, 0.1) is 0 Å². The first kappa shape index (κ1) is 17.8. The van der Waals surface area contributed by atoms with Crippen LogP contribution in [0.3, 0.4) is 0 Å². The molecule has 3 amide bonds. The molecular formula is C20H29N3O2. The molecule has 136 valence electrons.